The number of nitrogens with zero attached hydrogens (tertiary/aromatic N) is 3. The number of aliphatic hydroxyl groups excluding tert-OH is 1. The summed E-state index contributed by atoms with van der Waals surface area (Å²) in [5.41, 5.74) is 2.19. The van der Waals surface area contributed by atoms with E-state index in [0.717, 1.165) is 11.3 Å². The Balaban J connectivity index is 1.43. The van der Waals surface area contributed by atoms with E-state index in [9.17, 15) is 14.3 Å². The maximum absolute atomic E-state index is 13.6. The minimum Gasteiger partial charge on any atom is -0.395 e. The number of halogens is 1. The van der Waals surface area contributed by atoms with E-state index in [-0.39, 0.29) is 30.0 Å². The lowest BCUT2D eigenvalue weighted by Crippen LogP contribution is -2.84. The van der Waals surface area contributed by atoms with E-state index >= 15 is 0 Å². The molecule has 6 heteroatoms. The molecule has 1 aromatic heterocycles. The zero-order valence-corrected chi connectivity index (χ0v) is 17.1. The van der Waals surface area contributed by atoms with Gasteiger partial charge in [-0.1, -0.05) is 42.5 Å². The minimum absolute atomic E-state index is 0.0337. The van der Waals surface area contributed by atoms with Crippen LogP contribution >= 0.6 is 0 Å². The van der Waals surface area contributed by atoms with Crippen LogP contribution in [0.1, 0.15) is 27.5 Å². The standard InChI is InChI=1S/C25H24FN3O2/c26-20-10-6-9-19(13-20)24(31)28-16-25(17-28)23(18-7-2-1-3-8-18)22(15-30)29(25)14-21-11-4-5-12-27-21/h1-13,22-23,30H,14-17H2/t22-,23-/m0/s1. The normalized spacial score (nSPS) is 22.1. The highest BCUT2D eigenvalue weighted by molar-refractivity contribution is 5.95. The van der Waals surface area contributed by atoms with Crippen molar-refractivity contribution in [3.63, 3.8) is 0 Å². The van der Waals surface area contributed by atoms with Crippen LogP contribution in [0.4, 0.5) is 4.39 Å². The molecule has 0 radical (unpaired) electrons. The average Bonchev–Trinajstić information content (AvgIpc) is 2.77. The largest absolute Gasteiger partial charge is 0.395 e. The zero-order chi connectivity index (χ0) is 21.4. The molecule has 0 aliphatic carbocycles. The molecular formula is C25H24FN3O2. The monoisotopic (exact) mass is 417 g/mol. The number of benzene rings is 2. The summed E-state index contributed by atoms with van der Waals surface area (Å²) in [7, 11) is 0. The van der Waals surface area contributed by atoms with Crippen LogP contribution in [0.2, 0.25) is 0 Å². The highest BCUT2D eigenvalue weighted by atomic mass is 19.1. The Labute approximate surface area is 180 Å². The van der Waals surface area contributed by atoms with Gasteiger partial charge in [-0.15, -0.1) is 0 Å². The third-order valence-electron chi connectivity index (χ3n) is 6.63. The van der Waals surface area contributed by atoms with Crippen LogP contribution in [0.5, 0.6) is 0 Å². The smallest absolute Gasteiger partial charge is 0.254 e. The molecule has 2 aliphatic heterocycles. The molecule has 2 aliphatic rings. The first-order chi connectivity index (χ1) is 15.1. The second kappa shape index (κ2) is 7.87. The first-order valence-electron chi connectivity index (χ1n) is 10.5. The van der Waals surface area contributed by atoms with Crippen LogP contribution in [-0.4, -0.2) is 57.1 Å². The van der Waals surface area contributed by atoms with E-state index < -0.39 is 5.82 Å². The molecule has 5 nitrogen and oxygen atoms in total. The van der Waals surface area contributed by atoms with Crippen molar-refractivity contribution in [3.8, 4) is 0 Å². The molecule has 0 unspecified atom stereocenters. The molecule has 0 bridgehead atoms. The van der Waals surface area contributed by atoms with Crippen molar-refractivity contribution in [2.24, 2.45) is 0 Å². The Morgan fingerprint density at radius 3 is 2.52 bits per heavy atom. The van der Waals surface area contributed by atoms with Crippen LogP contribution in [0.3, 0.4) is 0 Å². The van der Waals surface area contributed by atoms with Crippen LogP contribution in [0.25, 0.3) is 0 Å². The topological polar surface area (TPSA) is 56.7 Å². The van der Waals surface area contributed by atoms with E-state index in [1.54, 1.807) is 23.2 Å². The minimum atomic E-state index is -0.413. The molecule has 2 fully saturated rings. The van der Waals surface area contributed by atoms with E-state index in [1.165, 1.54) is 12.1 Å². The van der Waals surface area contributed by atoms with Crippen molar-refractivity contribution in [3.05, 3.63) is 102 Å². The van der Waals surface area contributed by atoms with Crippen molar-refractivity contribution in [2.75, 3.05) is 19.7 Å². The lowest BCUT2D eigenvalue weighted by molar-refractivity contribution is -0.184. The molecule has 3 heterocycles. The maximum Gasteiger partial charge on any atom is 0.254 e. The number of carbonyl (C=O) groups is 1. The summed E-state index contributed by atoms with van der Waals surface area (Å²) in [5.74, 6) is -0.467. The second-order valence-electron chi connectivity index (χ2n) is 8.36. The predicted molar refractivity (Wildman–Crippen MR) is 115 cm³/mol. The van der Waals surface area contributed by atoms with Crippen molar-refractivity contribution >= 4 is 5.91 Å². The number of likely N-dealkylation sites (tertiary alicyclic amines) is 2. The van der Waals surface area contributed by atoms with Gasteiger partial charge < -0.3 is 10.0 Å². The molecule has 1 spiro atoms. The van der Waals surface area contributed by atoms with Crippen molar-refractivity contribution in [1.29, 1.82) is 0 Å². The summed E-state index contributed by atoms with van der Waals surface area (Å²) >= 11 is 0. The summed E-state index contributed by atoms with van der Waals surface area (Å²) < 4.78 is 13.6. The van der Waals surface area contributed by atoms with Gasteiger partial charge in [0.1, 0.15) is 5.82 Å². The molecule has 0 saturated carbocycles. The van der Waals surface area contributed by atoms with Crippen LogP contribution in [0.15, 0.2) is 79.0 Å². The van der Waals surface area contributed by atoms with E-state index in [0.29, 0.717) is 25.2 Å². The number of aliphatic hydroxyl groups is 1. The number of hydrogen-bond acceptors (Lipinski definition) is 4. The molecule has 158 valence electrons. The van der Waals surface area contributed by atoms with Crippen molar-refractivity contribution < 1.29 is 14.3 Å². The maximum atomic E-state index is 13.6. The number of pyridine rings is 1. The number of amides is 1. The summed E-state index contributed by atoms with van der Waals surface area (Å²) in [6.45, 7) is 1.71. The highest BCUT2D eigenvalue weighted by Gasteiger charge is 2.66. The molecule has 2 aromatic carbocycles. The number of hydrogen-bond donors (Lipinski definition) is 1. The van der Waals surface area contributed by atoms with Crippen LogP contribution < -0.4 is 0 Å². The van der Waals surface area contributed by atoms with E-state index in [4.69, 9.17) is 0 Å². The van der Waals surface area contributed by atoms with Gasteiger partial charge in [0.2, 0.25) is 0 Å². The van der Waals surface area contributed by atoms with Crippen LogP contribution in [0, 0.1) is 5.82 Å². The van der Waals surface area contributed by atoms with E-state index in [1.807, 2.05) is 36.4 Å². The SMILES string of the molecule is O=C(c1cccc(F)c1)N1CC2(C1)[C@@H](c1ccccc1)[C@H](CO)N2Cc1ccccn1. The van der Waals surface area contributed by atoms with E-state index in [2.05, 4.69) is 22.0 Å². The molecule has 1 amide bonds. The lowest BCUT2D eigenvalue weighted by atomic mass is 9.60. The second-order valence-corrected chi connectivity index (χ2v) is 8.36. The first-order valence-corrected chi connectivity index (χ1v) is 10.5. The fourth-order valence-corrected chi connectivity index (χ4v) is 5.24. The van der Waals surface area contributed by atoms with Gasteiger partial charge in [0, 0.05) is 43.4 Å². The summed E-state index contributed by atoms with van der Waals surface area (Å²) in [6, 6.07) is 21.8. The molecule has 2 saturated heterocycles. The van der Waals surface area contributed by atoms with Gasteiger partial charge in [-0.3, -0.25) is 14.7 Å². The number of aromatic nitrogens is 1. The van der Waals surface area contributed by atoms with Gasteiger partial charge in [-0.2, -0.15) is 0 Å². The molecular weight excluding hydrogens is 393 g/mol. The van der Waals surface area contributed by atoms with Gasteiger partial charge in [0.25, 0.3) is 5.91 Å². The third-order valence-corrected chi connectivity index (χ3v) is 6.63. The first kappa shape index (κ1) is 19.8. The fourth-order valence-electron chi connectivity index (χ4n) is 5.24. The van der Waals surface area contributed by atoms with Gasteiger partial charge in [0.05, 0.1) is 17.8 Å². The predicted octanol–water partition coefficient (Wildman–Crippen LogP) is 3.08. The van der Waals surface area contributed by atoms with Crippen molar-refractivity contribution in [2.45, 2.75) is 24.0 Å². The van der Waals surface area contributed by atoms with Crippen LogP contribution in [-0.2, 0) is 6.54 Å². The van der Waals surface area contributed by atoms with Gasteiger partial charge >= 0.3 is 0 Å². The summed E-state index contributed by atoms with van der Waals surface area (Å²) in [4.78, 5) is 21.4. The Kier molecular flexibility index (Phi) is 5.04. The zero-order valence-electron chi connectivity index (χ0n) is 17.1. The molecule has 1 N–H and O–H groups in total. The molecule has 2 atom stereocenters. The third kappa shape index (κ3) is 3.32. The molecule has 5 rings (SSSR count). The average molecular weight is 417 g/mol. The molecule has 3 aromatic rings. The summed E-state index contributed by atoms with van der Waals surface area (Å²) in [6.07, 6.45) is 1.77. The fraction of sp³-hybridized carbons (Fsp3) is 0.280. The molecule has 31 heavy (non-hydrogen) atoms. The van der Waals surface area contributed by atoms with Gasteiger partial charge in [0.15, 0.2) is 0 Å². The Morgan fingerprint density at radius 1 is 1.06 bits per heavy atom. The van der Waals surface area contributed by atoms with Crippen molar-refractivity contribution in [1.82, 2.24) is 14.8 Å². The highest BCUT2D eigenvalue weighted by Crippen LogP contribution is 2.54. The lowest BCUT2D eigenvalue weighted by Gasteiger charge is -2.70. The Hall–Kier alpha value is -3.09. The van der Waals surface area contributed by atoms with Gasteiger partial charge in [-0.25, -0.2) is 4.39 Å². The summed E-state index contributed by atoms with van der Waals surface area (Å²) in [5, 5.41) is 10.2. The number of carbonyl (C=O) groups excluding carboxylic acids is 1. The Morgan fingerprint density at radius 2 is 1.84 bits per heavy atom. The number of rotatable bonds is 5. The van der Waals surface area contributed by atoms with Gasteiger partial charge in [-0.05, 0) is 35.9 Å². The quantitative estimate of drug-likeness (QED) is 0.693. The Bertz CT molecular complexity index is 1070.